The predicted octanol–water partition coefficient (Wildman–Crippen LogP) is 0.623. The summed E-state index contributed by atoms with van der Waals surface area (Å²) in [5.74, 6) is 3.05. The van der Waals surface area contributed by atoms with Crippen molar-refractivity contribution in [3.8, 4) is 12.3 Å². The third-order valence-corrected chi connectivity index (χ3v) is 3.46. The van der Waals surface area contributed by atoms with Crippen LogP contribution in [0.4, 0.5) is 0 Å². The van der Waals surface area contributed by atoms with Crippen LogP contribution >= 0.6 is 0 Å². The third kappa shape index (κ3) is 2.87. The van der Waals surface area contributed by atoms with Crippen molar-refractivity contribution < 1.29 is 5.11 Å². The molecule has 1 aliphatic rings. The molecule has 0 amide bonds. The Hall–Kier alpha value is -1.31. The van der Waals surface area contributed by atoms with E-state index in [4.69, 9.17) is 6.42 Å². The average molecular weight is 233 g/mol. The Kier molecular flexibility index (Phi) is 3.82. The second-order valence-electron chi connectivity index (χ2n) is 4.77. The van der Waals surface area contributed by atoms with Crippen molar-refractivity contribution in [1.82, 2.24) is 15.3 Å². The third-order valence-electron chi connectivity index (χ3n) is 3.46. The first-order valence-electron chi connectivity index (χ1n) is 6.04. The van der Waals surface area contributed by atoms with E-state index >= 15 is 0 Å². The van der Waals surface area contributed by atoms with E-state index in [1.165, 1.54) is 0 Å². The average Bonchev–Trinajstić information content (AvgIpc) is 2.69. The van der Waals surface area contributed by atoms with Gasteiger partial charge in [-0.2, -0.15) is 0 Å². The number of H-pyrrole nitrogens is 1. The molecule has 2 rings (SSSR count). The molecule has 3 N–H and O–H groups in total. The zero-order chi connectivity index (χ0) is 12.3. The van der Waals surface area contributed by atoms with Crippen molar-refractivity contribution in [2.24, 2.45) is 5.92 Å². The fraction of sp³-hybridized carbons (Fsp3) is 0.615. The van der Waals surface area contributed by atoms with Gasteiger partial charge in [0.25, 0.3) is 0 Å². The molecule has 0 aromatic carbocycles. The number of piperidine rings is 1. The molecule has 2 heterocycles. The summed E-state index contributed by atoms with van der Waals surface area (Å²) in [6.45, 7) is 2.88. The maximum atomic E-state index is 10.1. The van der Waals surface area contributed by atoms with Crippen molar-refractivity contribution in [3.63, 3.8) is 0 Å². The van der Waals surface area contributed by atoms with Gasteiger partial charge in [-0.25, -0.2) is 4.98 Å². The van der Waals surface area contributed by atoms with Crippen LogP contribution in [-0.4, -0.2) is 33.8 Å². The summed E-state index contributed by atoms with van der Waals surface area (Å²) < 4.78 is 0. The monoisotopic (exact) mass is 233 g/mol. The summed E-state index contributed by atoms with van der Waals surface area (Å²) in [5, 5.41) is 13.5. The number of hydrogen-bond donors (Lipinski definition) is 3. The minimum atomic E-state index is -0.335. The van der Waals surface area contributed by atoms with Crippen LogP contribution in [-0.2, 0) is 6.42 Å². The molecule has 4 nitrogen and oxygen atoms in total. The highest BCUT2D eigenvalue weighted by Crippen LogP contribution is 2.20. The predicted molar refractivity (Wildman–Crippen MR) is 66.4 cm³/mol. The lowest BCUT2D eigenvalue weighted by molar-refractivity contribution is 0.0717. The van der Waals surface area contributed by atoms with Crippen LogP contribution in [0.2, 0.25) is 0 Å². The van der Waals surface area contributed by atoms with E-state index in [1.54, 1.807) is 6.33 Å². The van der Waals surface area contributed by atoms with Crippen molar-refractivity contribution >= 4 is 0 Å². The Morgan fingerprint density at radius 3 is 3.06 bits per heavy atom. The molecule has 92 valence electrons. The van der Waals surface area contributed by atoms with E-state index in [2.05, 4.69) is 21.2 Å². The van der Waals surface area contributed by atoms with E-state index in [0.29, 0.717) is 5.92 Å². The number of aryl methyl sites for hydroxylation is 1. The summed E-state index contributed by atoms with van der Waals surface area (Å²) in [6, 6.07) is 0.0889. The highest BCUT2D eigenvalue weighted by Gasteiger charge is 2.28. The molecule has 1 fully saturated rings. The van der Waals surface area contributed by atoms with Crippen LogP contribution in [0.3, 0.4) is 0 Å². The van der Waals surface area contributed by atoms with Gasteiger partial charge < -0.3 is 15.4 Å². The quantitative estimate of drug-likeness (QED) is 0.671. The topological polar surface area (TPSA) is 60.9 Å². The number of nitrogens with one attached hydrogen (secondary N) is 2. The Bertz CT molecular complexity index is 407. The maximum absolute atomic E-state index is 10.1. The lowest BCUT2D eigenvalue weighted by atomic mass is 9.88. The van der Waals surface area contributed by atoms with Crippen LogP contribution in [0.15, 0.2) is 6.33 Å². The number of nitrogens with zero attached hydrogens (tertiary/aromatic N) is 1. The van der Waals surface area contributed by atoms with E-state index in [9.17, 15) is 5.11 Å². The van der Waals surface area contributed by atoms with Crippen LogP contribution in [0.1, 0.15) is 24.2 Å². The number of terminal acetylenes is 1. The first-order valence-corrected chi connectivity index (χ1v) is 6.04. The fourth-order valence-corrected chi connectivity index (χ4v) is 2.37. The molecular formula is C13H19N3O. The molecule has 1 aromatic heterocycles. The normalized spacial score (nSPS) is 28.9. The zero-order valence-corrected chi connectivity index (χ0v) is 10.1. The maximum Gasteiger partial charge on any atom is 0.0925 e. The molecule has 1 aliphatic heterocycles. The molecule has 0 bridgehead atoms. The van der Waals surface area contributed by atoms with Gasteiger partial charge in [0.15, 0.2) is 0 Å². The van der Waals surface area contributed by atoms with Gasteiger partial charge in [-0.1, -0.05) is 0 Å². The highest BCUT2D eigenvalue weighted by molar-refractivity contribution is 5.11. The Morgan fingerprint density at radius 2 is 2.47 bits per heavy atom. The van der Waals surface area contributed by atoms with Crippen LogP contribution < -0.4 is 5.32 Å². The number of imidazole rings is 1. The molecule has 0 saturated carbocycles. The van der Waals surface area contributed by atoms with Gasteiger partial charge >= 0.3 is 0 Å². The van der Waals surface area contributed by atoms with Gasteiger partial charge in [0.1, 0.15) is 0 Å². The number of rotatable bonds is 3. The van der Waals surface area contributed by atoms with Crippen LogP contribution in [0.5, 0.6) is 0 Å². The molecule has 0 spiro atoms. The zero-order valence-electron chi connectivity index (χ0n) is 10.1. The Morgan fingerprint density at radius 1 is 1.65 bits per heavy atom. The summed E-state index contributed by atoms with van der Waals surface area (Å²) in [4.78, 5) is 7.32. The van der Waals surface area contributed by atoms with Crippen molar-refractivity contribution in [3.05, 3.63) is 17.7 Å². The molecular weight excluding hydrogens is 214 g/mol. The summed E-state index contributed by atoms with van der Waals surface area (Å²) in [7, 11) is 0. The molecule has 3 unspecified atom stereocenters. The van der Waals surface area contributed by atoms with Gasteiger partial charge in [-0.3, -0.25) is 0 Å². The van der Waals surface area contributed by atoms with Gasteiger partial charge in [0, 0.05) is 24.6 Å². The lowest BCUT2D eigenvalue weighted by Gasteiger charge is -2.33. The first kappa shape index (κ1) is 12.2. The molecule has 0 radical (unpaired) electrons. The Balaban J connectivity index is 1.92. The smallest absolute Gasteiger partial charge is 0.0925 e. The highest BCUT2D eigenvalue weighted by atomic mass is 16.3. The standard InChI is InChI=1S/C13H19N3O/c1-3-4-10-5-13(17)12(14-7-10)6-11-9(2)15-8-16-11/h1,8,10,12-14,17H,4-7H2,2H3,(H,15,16). The van der Waals surface area contributed by atoms with Crippen LogP contribution in [0.25, 0.3) is 0 Å². The first-order chi connectivity index (χ1) is 8.20. The minimum absolute atomic E-state index is 0.0889. The molecule has 0 aliphatic carbocycles. The lowest BCUT2D eigenvalue weighted by Crippen LogP contribution is -2.49. The van der Waals surface area contributed by atoms with Crippen molar-refractivity contribution in [2.75, 3.05) is 6.54 Å². The number of aromatic amines is 1. The summed E-state index contributed by atoms with van der Waals surface area (Å²) in [6.07, 6.45) is 8.94. The van der Waals surface area contributed by atoms with Gasteiger partial charge in [-0.05, 0) is 25.8 Å². The molecule has 1 saturated heterocycles. The van der Waals surface area contributed by atoms with Crippen LogP contribution in [0, 0.1) is 25.2 Å². The van der Waals surface area contributed by atoms with Gasteiger partial charge in [0.2, 0.25) is 0 Å². The molecule has 4 heteroatoms. The largest absolute Gasteiger partial charge is 0.391 e. The van der Waals surface area contributed by atoms with Crippen molar-refractivity contribution in [1.29, 1.82) is 0 Å². The second-order valence-corrected chi connectivity index (χ2v) is 4.77. The summed E-state index contributed by atoms with van der Waals surface area (Å²) in [5.41, 5.74) is 2.10. The van der Waals surface area contributed by atoms with Gasteiger partial charge in [0.05, 0.1) is 18.1 Å². The van der Waals surface area contributed by atoms with E-state index < -0.39 is 0 Å². The minimum Gasteiger partial charge on any atom is -0.391 e. The van der Waals surface area contributed by atoms with E-state index in [1.807, 2.05) is 6.92 Å². The SMILES string of the molecule is C#CCC1CNC(Cc2nc[nH]c2C)C(O)C1. The number of aromatic nitrogens is 2. The number of aliphatic hydroxyl groups excluding tert-OH is 1. The van der Waals surface area contributed by atoms with E-state index in [0.717, 1.165) is 37.2 Å². The Labute approximate surface area is 102 Å². The summed E-state index contributed by atoms with van der Waals surface area (Å²) >= 11 is 0. The van der Waals surface area contributed by atoms with Crippen molar-refractivity contribution in [2.45, 2.75) is 38.3 Å². The fourth-order valence-electron chi connectivity index (χ4n) is 2.37. The number of aliphatic hydroxyl groups is 1. The second kappa shape index (κ2) is 5.35. The molecule has 17 heavy (non-hydrogen) atoms. The molecule has 1 aromatic rings. The number of hydrogen-bond acceptors (Lipinski definition) is 3. The van der Waals surface area contributed by atoms with Gasteiger partial charge in [-0.15, -0.1) is 12.3 Å². The molecule has 3 atom stereocenters. The van der Waals surface area contributed by atoms with E-state index in [-0.39, 0.29) is 12.1 Å².